The molecule has 0 amide bonds. The maximum absolute atomic E-state index is 12.0. The van der Waals surface area contributed by atoms with Crippen molar-refractivity contribution in [2.24, 2.45) is 0 Å². The molecule has 166 valence electrons. The Morgan fingerprint density at radius 1 is 1.21 bits per heavy atom. The van der Waals surface area contributed by atoms with E-state index in [2.05, 4.69) is 9.51 Å². The second-order valence-corrected chi connectivity index (χ2v) is 13.5. The van der Waals surface area contributed by atoms with Crippen LogP contribution in [0.5, 0.6) is 0 Å². The van der Waals surface area contributed by atoms with Crippen molar-refractivity contribution in [1.29, 1.82) is 0 Å². The van der Waals surface area contributed by atoms with Crippen LogP contribution in [0.15, 0.2) is 15.8 Å². The maximum atomic E-state index is 12.0. The number of aliphatic hydroxyl groups excluding tert-OH is 1. The highest BCUT2D eigenvalue weighted by molar-refractivity contribution is 7.79. The fourth-order valence-electron chi connectivity index (χ4n) is 2.68. The van der Waals surface area contributed by atoms with Crippen LogP contribution in [0.2, 0.25) is 0 Å². The van der Waals surface area contributed by atoms with Crippen molar-refractivity contribution in [2.75, 3.05) is 18.4 Å². The van der Waals surface area contributed by atoms with Crippen LogP contribution in [-0.2, 0) is 23.0 Å². The maximum Gasteiger partial charge on any atom is 0.337 e. The molecule has 1 aromatic heterocycles. The number of aromatic amines is 1. The van der Waals surface area contributed by atoms with Gasteiger partial charge in [-0.25, -0.2) is 4.79 Å². The topological polar surface area (TPSA) is 226 Å². The first kappa shape index (κ1) is 24.4. The van der Waals surface area contributed by atoms with Gasteiger partial charge in [-0.3, -0.25) is 28.0 Å². The lowest BCUT2D eigenvalue weighted by Crippen LogP contribution is -2.33. The van der Waals surface area contributed by atoms with E-state index < -0.39 is 70.7 Å². The number of nitrogens with zero attached hydrogens (tertiary/aromatic N) is 1. The number of aryl methyl sites for hydroxylation is 1. The van der Waals surface area contributed by atoms with E-state index in [0.717, 1.165) is 4.57 Å². The zero-order valence-electron chi connectivity index (χ0n) is 15.0. The molecule has 6 N–H and O–H groups in total. The Bertz CT molecular complexity index is 1010. The molecule has 2 rings (SSSR count). The zero-order chi connectivity index (χ0) is 22.2. The molecule has 17 heteroatoms. The van der Waals surface area contributed by atoms with Crippen LogP contribution < -0.4 is 11.2 Å². The fourth-order valence-corrected chi connectivity index (χ4v) is 9.08. The molecule has 2 heterocycles. The van der Waals surface area contributed by atoms with Gasteiger partial charge in [0, 0.05) is 18.2 Å². The molecule has 29 heavy (non-hydrogen) atoms. The van der Waals surface area contributed by atoms with Gasteiger partial charge in [0.25, 0.3) is 5.56 Å². The number of nitrogens with one attached hydrogen (secondary N) is 1. The minimum absolute atomic E-state index is 0.105. The highest BCUT2D eigenvalue weighted by Crippen LogP contribution is 2.63. The van der Waals surface area contributed by atoms with Gasteiger partial charge in [-0.05, 0) is 6.92 Å². The molecule has 14 nitrogen and oxygen atoms in total. The lowest BCUT2D eigenvalue weighted by molar-refractivity contribution is -0.0423. The van der Waals surface area contributed by atoms with Crippen LogP contribution in [0.4, 0.5) is 0 Å². The molecular formula is C12H21N2O12P3. The van der Waals surface area contributed by atoms with Gasteiger partial charge in [0.1, 0.15) is 24.1 Å². The first-order chi connectivity index (χ1) is 13.1. The first-order valence-corrected chi connectivity index (χ1v) is 13.6. The smallest absolute Gasteiger partial charge is 0.337 e. The molecule has 0 aliphatic carbocycles. The third-order valence-corrected chi connectivity index (χ3v) is 10.9. The van der Waals surface area contributed by atoms with E-state index in [0.29, 0.717) is 0 Å². The Morgan fingerprint density at radius 3 is 2.41 bits per heavy atom. The Hall–Kier alpha value is -0.910. The highest BCUT2D eigenvalue weighted by Gasteiger charge is 2.40. The summed E-state index contributed by atoms with van der Waals surface area (Å²) in [6, 6.07) is 0. The van der Waals surface area contributed by atoms with Gasteiger partial charge < -0.3 is 33.9 Å². The van der Waals surface area contributed by atoms with E-state index in [9.17, 15) is 38.2 Å². The summed E-state index contributed by atoms with van der Waals surface area (Å²) in [7, 11) is -14.3. The van der Waals surface area contributed by atoms with Crippen molar-refractivity contribution in [3.8, 4) is 0 Å². The molecule has 1 saturated heterocycles. The Balaban J connectivity index is 2.03. The van der Waals surface area contributed by atoms with Gasteiger partial charge in [0.2, 0.25) is 7.37 Å². The largest absolute Gasteiger partial charge is 0.390 e. The lowest BCUT2D eigenvalue weighted by Gasteiger charge is -2.20. The third kappa shape index (κ3) is 7.08. The van der Waals surface area contributed by atoms with Gasteiger partial charge >= 0.3 is 20.9 Å². The van der Waals surface area contributed by atoms with E-state index in [-0.39, 0.29) is 12.0 Å². The summed E-state index contributed by atoms with van der Waals surface area (Å²) < 4.78 is 45.7. The zero-order valence-corrected chi connectivity index (χ0v) is 17.7. The molecule has 0 spiro atoms. The van der Waals surface area contributed by atoms with Crippen LogP contribution in [0, 0.1) is 6.92 Å². The predicted octanol–water partition coefficient (Wildman–Crippen LogP) is -0.941. The molecule has 1 aromatic rings. The SMILES string of the molecule is Cc1cn([C@H]2C[C@H](O)[C@@H](COP(=O)(O)CP(=O)(O)CP(=O)(O)O)O2)c(=O)[nH]c1=O. The lowest BCUT2D eigenvalue weighted by atomic mass is 10.2. The van der Waals surface area contributed by atoms with Crippen molar-refractivity contribution in [3.05, 3.63) is 32.6 Å². The molecule has 2 unspecified atom stereocenters. The van der Waals surface area contributed by atoms with Crippen LogP contribution in [-0.4, -0.2) is 64.9 Å². The number of ether oxygens (including phenoxy) is 1. The minimum Gasteiger partial charge on any atom is -0.390 e. The number of hydrogen-bond acceptors (Lipinski definition) is 8. The van der Waals surface area contributed by atoms with Gasteiger partial charge in [-0.1, -0.05) is 0 Å². The molecule has 0 aromatic carbocycles. The average Bonchev–Trinajstić information content (AvgIpc) is 2.86. The summed E-state index contributed by atoms with van der Waals surface area (Å²) in [6.45, 7) is 0.756. The summed E-state index contributed by atoms with van der Waals surface area (Å²) in [6.07, 6.45) is -2.29. The number of rotatable bonds is 8. The molecule has 5 atom stereocenters. The van der Waals surface area contributed by atoms with Crippen molar-refractivity contribution < 1.29 is 47.6 Å². The number of H-pyrrole nitrogens is 1. The Morgan fingerprint density at radius 2 is 1.83 bits per heavy atom. The third-order valence-electron chi connectivity index (χ3n) is 3.91. The summed E-state index contributed by atoms with van der Waals surface area (Å²) in [5, 5.41) is 10.0. The standard InChI is InChI=1S/C12H21N2O12P3/c1-7-3-14(12(17)13-11(7)16)10-2-8(15)9(26-10)4-25-29(23,24)6-27(18,19)5-28(20,21)22/h3,8-10,15H,2,4-6H2,1H3,(H,18,19)(H,23,24)(H,13,16,17)(H2,20,21,22)/t8-,9+,10+/m0/s1. The summed E-state index contributed by atoms with van der Waals surface area (Å²) in [5.41, 5.74) is -1.16. The summed E-state index contributed by atoms with van der Waals surface area (Å²) in [4.78, 5) is 62.1. The molecule has 1 aliphatic rings. The van der Waals surface area contributed by atoms with Crippen molar-refractivity contribution in [3.63, 3.8) is 0 Å². The second kappa shape index (κ2) is 8.68. The normalized spacial score (nSPS) is 26.8. The van der Waals surface area contributed by atoms with E-state index in [1.54, 1.807) is 0 Å². The Kier molecular flexibility index (Phi) is 7.29. The summed E-state index contributed by atoms with van der Waals surface area (Å²) >= 11 is 0. The molecule has 0 saturated carbocycles. The number of aliphatic hydroxyl groups is 1. The van der Waals surface area contributed by atoms with Crippen LogP contribution >= 0.6 is 22.6 Å². The second-order valence-electron chi connectivity index (χ2n) is 6.64. The van der Waals surface area contributed by atoms with Crippen molar-refractivity contribution >= 4 is 22.6 Å². The fraction of sp³-hybridized carbons (Fsp3) is 0.667. The number of aromatic nitrogens is 2. The minimum atomic E-state index is -4.90. The van der Waals surface area contributed by atoms with Gasteiger partial charge in [0.05, 0.1) is 12.7 Å². The molecule has 1 aliphatic heterocycles. The first-order valence-electron chi connectivity index (χ1n) is 8.06. The van der Waals surface area contributed by atoms with Crippen LogP contribution in [0.1, 0.15) is 18.2 Å². The average molecular weight is 478 g/mol. The van der Waals surface area contributed by atoms with Gasteiger partial charge in [-0.2, -0.15) is 0 Å². The molecular weight excluding hydrogens is 457 g/mol. The monoisotopic (exact) mass is 478 g/mol. The van der Waals surface area contributed by atoms with E-state index >= 15 is 0 Å². The quantitative estimate of drug-likeness (QED) is 0.249. The highest BCUT2D eigenvalue weighted by atomic mass is 31.3. The molecule has 1 fully saturated rings. The van der Waals surface area contributed by atoms with Crippen LogP contribution in [0.25, 0.3) is 0 Å². The van der Waals surface area contributed by atoms with Crippen LogP contribution in [0.3, 0.4) is 0 Å². The molecule has 0 radical (unpaired) electrons. The van der Waals surface area contributed by atoms with Crippen molar-refractivity contribution in [1.82, 2.24) is 9.55 Å². The van der Waals surface area contributed by atoms with E-state index in [1.165, 1.54) is 13.1 Å². The van der Waals surface area contributed by atoms with E-state index in [1.807, 2.05) is 0 Å². The summed E-state index contributed by atoms with van der Waals surface area (Å²) in [5.74, 6) is -2.87. The van der Waals surface area contributed by atoms with Gasteiger partial charge in [-0.15, -0.1) is 0 Å². The Labute approximate surface area is 163 Å². The molecule has 0 bridgehead atoms. The van der Waals surface area contributed by atoms with Gasteiger partial charge in [0.15, 0.2) is 0 Å². The van der Waals surface area contributed by atoms with Crippen molar-refractivity contribution in [2.45, 2.75) is 31.8 Å². The number of hydrogen-bond donors (Lipinski definition) is 6. The van der Waals surface area contributed by atoms with E-state index in [4.69, 9.17) is 14.5 Å². The predicted molar refractivity (Wildman–Crippen MR) is 98.0 cm³/mol.